The molecule has 2 aliphatic rings. The van der Waals surface area contributed by atoms with Crippen molar-refractivity contribution in [2.75, 3.05) is 16.6 Å². The summed E-state index contributed by atoms with van der Waals surface area (Å²) < 4.78 is 26.2. The lowest BCUT2D eigenvalue weighted by atomic mass is 10.0. The van der Waals surface area contributed by atoms with E-state index in [1.807, 2.05) is 18.2 Å². The second-order valence-electron chi connectivity index (χ2n) is 4.76. The van der Waals surface area contributed by atoms with Gasteiger partial charge in [0.15, 0.2) is 0 Å². The van der Waals surface area contributed by atoms with Gasteiger partial charge in [-0.25, -0.2) is 8.42 Å². The molecule has 0 amide bonds. The average Bonchev–Trinajstić information content (AvgIpc) is 3.13. The number of nitrogens with zero attached hydrogens (tertiary/aromatic N) is 1. The fourth-order valence-electron chi connectivity index (χ4n) is 2.43. The van der Waals surface area contributed by atoms with Crippen molar-refractivity contribution in [1.29, 1.82) is 0 Å². The molecule has 0 spiro atoms. The topological polar surface area (TPSA) is 63.4 Å². The highest BCUT2D eigenvalue weighted by atomic mass is 32.2. The van der Waals surface area contributed by atoms with Gasteiger partial charge < -0.3 is 5.73 Å². The van der Waals surface area contributed by atoms with Crippen LogP contribution in [0.15, 0.2) is 18.2 Å². The van der Waals surface area contributed by atoms with Crippen LogP contribution in [0.2, 0.25) is 0 Å². The molecule has 0 radical (unpaired) electrons. The number of benzene rings is 1. The van der Waals surface area contributed by atoms with Gasteiger partial charge in [-0.2, -0.15) is 0 Å². The average molecular weight is 252 g/mol. The zero-order chi connectivity index (χ0) is 12.0. The van der Waals surface area contributed by atoms with E-state index >= 15 is 0 Å². The van der Waals surface area contributed by atoms with Crippen molar-refractivity contribution in [3.8, 4) is 0 Å². The maximum absolute atomic E-state index is 12.3. The Hall–Kier alpha value is -1.23. The van der Waals surface area contributed by atoms with Gasteiger partial charge in [0.1, 0.15) is 0 Å². The van der Waals surface area contributed by atoms with Gasteiger partial charge in [0, 0.05) is 12.2 Å². The van der Waals surface area contributed by atoms with Gasteiger partial charge in [-0.05, 0) is 43.4 Å². The Balaban J connectivity index is 2.08. The Morgan fingerprint density at radius 1 is 1.29 bits per heavy atom. The van der Waals surface area contributed by atoms with Crippen LogP contribution in [-0.2, 0) is 16.4 Å². The summed E-state index contributed by atoms with van der Waals surface area (Å²) in [4.78, 5) is 0. The fraction of sp³-hybridized carbons (Fsp3) is 0.500. The van der Waals surface area contributed by atoms with Crippen LogP contribution in [0, 0.1) is 0 Å². The van der Waals surface area contributed by atoms with E-state index in [1.54, 1.807) is 4.31 Å². The summed E-state index contributed by atoms with van der Waals surface area (Å²) >= 11 is 0. The summed E-state index contributed by atoms with van der Waals surface area (Å²) in [6.07, 6.45) is 3.33. The van der Waals surface area contributed by atoms with Gasteiger partial charge in [-0.3, -0.25) is 4.31 Å². The molecule has 1 saturated carbocycles. The van der Waals surface area contributed by atoms with Crippen LogP contribution in [0.4, 0.5) is 11.4 Å². The van der Waals surface area contributed by atoms with Gasteiger partial charge in [0.05, 0.1) is 10.9 Å². The van der Waals surface area contributed by atoms with E-state index in [4.69, 9.17) is 5.73 Å². The predicted octanol–water partition coefficient (Wildman–Crippen LogP) is 1.51. The molecule has 2 N–H and O–H groups in total. The molecule has 5 heteroatoms. The first-order valence-corrected chi connectivity index (χ1v) is 7.50. The number of fused-ring (bicyclic) bond motifs is 1. The number of sulfonamides is 1. The number of rotatable bonds is 2. The smallest absolute Gasteiger partial charge is 0.238 e. The Morgan fingerprint density at radius 3 is 2.76 bits per heavy atom. The maximum atomic E-state index is 12.3. The summed E-state index contributed by atoms with van der Waals surface area (Å²) in [5.41, 5.74) is 8.41. The molecule has 17 heavy (non-hydrogen) atoms. The Bertz CT molecular complexity index is 550. The molecule has 1 aromatic carbocycles. The molecule has 3 rings (SSSR count). The predicted molar refractivity (Wildman–Crippen MR) is 68.5 cm³/mol. The first kappa shape index (κ1) is 10.9. The standard InChI is InChI=1S/C12H16N2O2S/c13-11-4-1-5-12-10(11)3-2-8-14(12)17(15,16)9-6-7-9/h1,4-5,9H,2-3,6-8,13H2. The number of hydrogen-bond donors (Lipinski definition) is 1. The van der Waals surface area contributed by atoms with E-state index in [9.17, 15) is 8.42 Å². The number of nitrogen functional groups attached to an aromatic ring is 1. The van der Waals surface area contributed by atoms with Gasteiger partial charge in [-0.15, -0.1) is 0 Å². The molecule has 1 fully saturated rings. The maximum Gasteiger partial charge on any atom is 0.238 e. The molecule has 0 bridgehead atoms. The van der Waals surface area contributed by atoms with Gasteiger partial charge in [-0.1, -0.05) is 6.07 Å². The van der Waals surface area contributed by atoms with Crippen LogP contribution in [0.3, 0.4) is 0 Å². The summed E-state index contributed by atoms with van der Waals surface area (Å²) in [5, 5.41) is -0.158. The van der Waals surface area contributed by atoms with E-state index in [0.717, 1.165) is 36.9 Å². The second kappa shape index (κ2) is 3.63. The molecule has 1 aromatic rings. The lowest BCUT2D eigenvalue weighted by Gasteiger charge is -2.31. The highest BCUT2D eigenvalue weighted by molar-refractivity contribution is 7.93. The van der Waals surface area contributed by atoms with Crippen LogP contribution in [0.1, 0.15) is 24.8 Å². The van der Waals surface area contributed by atoms with Crippen LogP contribution >= 0.6 is 0 Å². The minimum Gasteiger partial charge on any atom is -0.398 e. The summed E-state index contributed by atoms with van der Waals surface area (Å²) in [7, 11) is -3.14. The quantitative estimate of drug-likeness (QED) is 0.812. The normalized spacial score (nSPS) is 20.1. The third kappa shape index (κ3) is 1.69. The molecule has 0 aromatic heterocycles. The summed E-state index contributed by atoms with van der Waals surface area (Å²) in [6, 6.07) is 5.53. The van der Waals surface area contributed by atoms with Crippen molar-refractivity contribution in [1.82, 2.24) is 0 Å². The molecule has 1 aliphatic heterocycles. The lowest BCUT2D eigenvalue weighted by Crippen LogP contribution is -2.37. The summed E-state index contributed by atoms with van der Waals surface area (Å²) in [6.45, 7) is 0.593. The first-order valence-electron chi connectivity index (χ1n) is 5.99. The Morgan fingerprint density at radius 2 is 2.06 bits per heavy atom. The highest BCUT2D eigenvalue weighted by Gasteiger charge is 2.41. The monoisotopic (exact) mass is 252 g/mol. The van der Waals surface area contributed by atoms with E-state index in [-0.39, 0.29) is 5.25 Å². The van der Waals surface area contributed by atoms with E-state index in [0.29, 0.717) is 12.2 Å². The molecule has 4 nitrogen and oxygen atoms in total. The van der Waals surface area contributed by atoms with Crippen molar-refractivity contribution in [2.24, 2.45) is 0 Å². The van der Waals surface area contributed by atoms with Crippen LogP contribution in [0.25, 0.3) is 0 Å². The number of nitrogens with two attached hydrogens (primary N) is 1. The molecule has 0 unspecified atom stereocenters. The van der Waals surface area contributed by atoms with Crippen molar-refractivity contribution >= 4 is 21.4 Å². The van der Waals surface area contributed by atoms with Crippen LogP contribution in [-0.4, -0.2) is 20.2 Å². The van der Waals surface area contributed by atoms with Crippen molar-refractivity contribution < 1.29 is 8.42 Å². The molecular formula is C12H16N2O2S. The van der Waals surface area contributed by atoms with Crippen LogP contribution in [0.5, 0.6) is 0 Å². The third-order valence-electron chi connectivity index (χ3n) is 3.50. The minimum absolute atomic E-state index is 0.158. The zero-order valence-electron chi connectivity index (χ0n) is 9.59. The molecule has 92 valence electrons. The van der Waals surface area contributed by atoms with Gasteiger partial charge in [0.2, 0.25) is 10.0 Å². The van der Waals surface area contributed by atoms with E-state index < -0.39 is 10.0 Å². The molecular weight excluding hydrogens is 236 g/mol. The zero-order valence-corrected chi connectivity index (χ0v) is 10.4. The largest absolute Gasteiger partial charge is 0.398 e. The number of anilines is 2. The Kier molecular flexibility index (Phi) is 2.33. The lowest BCUT2D eigenvalue weighted by molar-refractivity contribution is 0.585. The van der Waals surface area contributed by atoms with Gasteiger partial charge in [0.25, 0.3) is 0 Å². The second-order valence-corrected chi connectivity index (χ2v) is 6.90. The molecule has 1 heterocycles. The van der Waals surface area contributed by atoms with Gasteiger partial charge >= 0.3 is 0 Å². The third-order valence-corrected chi connectivity index (χ3v) is 5.80. The first-order chi connectivity index (χ1) is 8.10. The van der Waals surface area contributed by atoms with Crippen LogP contribution < -0.4 is 10.0 Å². The number of hydrogen-bond acceptors (Lipinski definition) is 3. The van der Waals surface area contributed by atoms with Crippen molar-refractivity contribution in [3.63, 3.8) is 0 Å². The minimum atomic E-state index is -3.14. The molecule has 0 saturated heterocycles. The van der Waals surface area contributed by atoms with Crippen molar-refractivity contribution in [3.05, 3.63) is 23.8 Å². The summed E-state index contributed by atoms with van der Waals surface area (Å²) in [5.74, 6) is 0. The van der Waals surface area contributed by atoms with E-state index in [1.165, 1.54) is 0 Å². The Labute approximate surface area is 101 Å². The fourth-order valence-corrected chi connectivity index (χ4v) is 4.35. The molecule has 1 aliphatic carbocycles. The molecule has 0 atom stereocenters. The highest BCUT2D eigenvalue weighted by Crippen LogP contribution is 2.38. The van der Waals surface area contributed by atoms with Crippen molar-refractivity contribution in [2.45, 2.75) is 30.9 Å². The van der Waals surface area contributed by atoms with E-state index in [2.05, 4.69) is 0 Å². The SMILES string of the molecule is Nc1cccc2c1CCCN2S(=O)(=O)C1CC1.